The summed E-state index contributed by atoms with van der Waals surface area (Å²) in [5, 5.41) is 2.82. The van der Waals surface area contributed by atoms with Gasteiger partial charge in [-0.25, -0.2) is 4.39 Å². The van der Waals surface area contributed by atoms with Gasteiger partial charge < -0.3 is 10.1 Å². The number of aromatic nitrogens is 1. The van der Waals surface area contributed by atoms with Crippen molar-refractivity contribution in [3.05, 3.63) is 96.1 Å². The number of nitrogens with one attached hydrogen (secondary N) is 1. The molecule has 5 heteroatoms. The lowest BCUT2D eigenvalue weighted by molar-refractivity contribution is -0.116. The summed E-state index contributed by atoms with van der Waals surface area (Å²) in [6.07, 6.45) is 7.00. The van der Waals surface area contributed by atoms with Crippen LogP contribution >= 0.6 is 0 Å². The summed E-state index contributed by atoms with van der Waals surface area (Å²) < 4.78 is 18.9. The molecule has 1 heterocycles. The molecule has 1 N–H and O–H groups in total. The van der Waals surface area contributed by atoms with Gasteiger partial charge in [0.05, 0.1) is 0 Å². The molecule has 0 saturated heterocycles. The number of carbonyl (C=O) groups is 1. The Bertz CT molecular complexity index is 926. The van der Waals surface area contributed by atoms with Gasteiger partial charge in [-0.05, 0) is 60.0 Å². The van der Waals surface area contributed by atoms with E-state index in [0.717, 1.165) is 17.1 Å². The van der Waals surface area contributed by atoms with E-state index < -0.39 is 0 Å². The highest BCUT2D eigenvalue weighted by Gasteiger charge is 2.01. The first-order valence-corrected chi connectivity index (χ1v) is 8.57. The summed E-state index contributed by atoms with van der Waals surface area (Å²) in [5.41, 5.74) is 1.70. The van der Waals surface area contributed by atoms with Crippen LogP contribution in [0.2, 0.25) is 0 Å². The minimum atomic E-state index is -0.327. The van der Waals surface area contributed by atoms with Crippen LogP contribution in [0.4, 0.5) is 4.39 Å². The average Bonchev–Trinajstić information content (AvgIpc) is 2.68. The van der Waals surface area contributed by atoms with Gasteiger partial charge in [-0.2, -0.15) is 0 Å². The van der Waals surface area contributed by atoms with Gasteiger partial charge in [0.15, 0.2) is 0 Å². The van der Waals surface area contributed by atoms with Gasteiger partial charge in [0, 0.05) is 25.0 Å². The number of hydrogen-bond donors (Lipinski definition) is 1. The second kappa shape index (κ2) is 9.29. The van der Waals surface area contributed by atoms with E-state index in [9.17, 15) is 9.18 Å². The maximum Gasteiger partial charge on any atom is 0.244 e. The molecular formula is C22H19FN2O2. The first-order valence-electron chi connectivity index (χ1n) is 8.57. The fourth-order valence-corrected chi connectivity index (χ4v) is 2.48. The Morgan fingerprint density at radius 3 is 2.67 bits per heavy atom. The van der Waals surface area contributed by atoms with Gasteiger partial charge in [-0.15, -0.1) is 0 Å². The van der Waals surface area contributed by atoms with Crippen molar-refractivity contribution in [3.8, 4) is 11.5 Å². The fourth-order valence-electron chi connectivity index (χ4n) is 2.48. The molecule has 0 aliphatic rings. The third-order valence-electron chi connectivity index (χ3n) is 3.77. The van der Waals surface area contributed by atoms with Crippen molar-refractivity contribution in [2.24, 2.45) is 0 Å². The molecule has 3 aromatic rings. The Balaban J connectivity index is 1.48. The van der Waals surface area contributed by atoms with E-state index >= 15 is 0 Å². The highest BCUT2D eigenvalue weighted by atomic mass is 19.1. The first kappa shape index (κ1) is 18.3. The molecule has 4 nitrogen and oxygen atoms in total. The molecule has 0 bridgehead atoms. The molecule has 2 aromatic carbocycles. The molecule has 27 heavy (non-hydrogen) atoms. The van der Waals surface area contributed by atoms with Crippen molar-refractivity contribution in [2.75, 3.05) is 6.54 Å². The fraction of sp³-hybridized carbons (Fsp3) is 0.0909. The smallest absolute Gasteiger partial charge is 0.244 e. The van der Waals surface area contributed by atoms with E-state index in [1.54, 1.807) is 42.7 Å². The Kier molecular flexibility index (Phi) is 6.30. The van der Waals surface area contributed by atoms with Crippen LogP contribution in [0, 0.1) is 5.82 Å². The molecule has 0 atom stereocenters. The van der Waals surface area contributed by atoms with Gasteiger partial charge in [-0.3, -0.25) is 9.78 Å². The van der Waals surface area contributed by atoms with Crippen molar-refractivity contribution >= 4 is 12.0 Å². The molecule has 0 aliphatic heterocycles. The van der Waals surface area contributed by atoms with E-state index in [-0.39, 0.29) is 11.7 Å². The Morgan fingerprint density at radius 1 is 1.04 bits per heavy atom. The SMILES string of the molecule is O=C(C=Cc1cccc(F)c1)NCCc1cccc(Oc2ccncc2)c1. The van der Waals surface area contributed by atoms with Crippen LogP contribution in [0.3, 0.4) is 0 Å². The zero-order valence-electron chi connectivity index (χ0n) is 14.6. The van der Waals surface area contributed by atoms with Crippen LogP contribution in [0.5, 0.6) is 11.5 Å². The largest absolute Gasteiger partial charge is 0.457 e. The van der Waals surface area contributed by atoms with Crippen LogP contribution in [-0.2, 0) is 11.2 Å². The van der Waals surface area contributed by atoms with Crippen molar-refractivity contribution in [3.63, 3.8) is 0 Å². The maximum absolute atomic E-state index is 13.1. The van der Waals surface area contributed by atoms with Crippen molar-refractivity contribution < 1.29 is 13.9 Å². The maximum atomic E-state index is 13.1. The number of hydrogen-bond acceptors (Lipinski definition) is 3. The van der Waals surface area contributed by atoms with Gasteiger partial charge in [0.1, 0.15) is 17.3 Å². The predicted molar refractivity (Wildman–Crippen MR) is 103 cm³/mol. The topological polar surface area (TPSA) is 51.2 Å². The average molecular weight is 362 g/mol. The van der Waals surface area contributed by atoms with E-state index in [1.807, 2.05) is 24.3 Å². The van der Waals surface area contributed by atoms with E-state index in [0.29, 0.717) is 18.5 Å². The summed E-state index contributed by atoms with van der Waals surface area (Å²) in [4.78, 5) is 15.8. The Morgan fingerprint density at radius 2 is 1.85 bits per heavy atom. The van der Waals surface area contributed by atoms with Crippen molar-refractivity contribution in [1.29, 1.82) is 0 Å². The Hall–Kier alpha value is -3.47. The third kappa shape index (κ3) is 6.08. The van der Waals surface area contributed by atoms with Gasteiger partial charge in [-0.1, -0.05) is 24.3 Å². The quantitative estimate of drug-likeness (QED) is 0.635. The predicted octanol–water partition coefficient (Wildman–Crippen LogP) is 4.39. The van der Waals surface area contributed by atoms with Crippen LogP contribution in [-0.4, -0.2) is 17.4 Å². The molecule has 0 radical (unpaired) electrons. The molecule has 3 rings (SSSR count). The lowest BCUT2D eigenvalue weighted by Crippen LogP contribution is -2.23. The molecule has 0 unspecified atom stereocenters. The second-order valence-corrected chi connectivity index (χ2v) is 5.86. The lowest BCUT2D eigenvalue weighted by Gasteiger charge is -2.08. The van der Waals surface area contributed by atoms with Gasteiger partial charge >= 0.3 is 0 Å². The van der Waals surface area contributed by atoms with E-state index in [1.165, 1.54) is 18.2 Å². The monoisotopic (exact) mass is 362 g/mol. The number of ether oxygens (including phenoxy) is 1. The first-order chi connectivity index (χ1) is 13.2. The molecule has 1 aromatic heterocycles. The molecule has 0 spiro atoms. The molecule has 0 fully saturated rings. The normalized spacial score (nSPS) is 10.7. The number of amides is 1. The van der Waals surface area contributed by atoms with Crippen LogP contribution in [0.15, 0.2) is 79.1 Å². The minimum Gasteiger partial charge on any atom is -0.457 e. The van der Waals surface area contributed by atoms with Crippen LogP contribution in [0.1, 0.15) is 11.1 Å². The Labute approximate surface area is 157 Å². The number of rotatable bonds is 7. The van der Waals surface area contributed by atoms with Gasteiger partial charge in [0.25, 0.3) is 0 Å². The summed E-state index contributed by atoms with van der Waals surface area (Å²) in [5.74, 6) is 0.906. The highest BCUT2D eigenvalue weighted by molar-refractivity contribution is 5.91. The van der Waals surface area contributed by atoms with Crippen LogP contribution < -0.4 is 10.1 Å². The van der Waals surface area contributed by atoms with Crippen molar-refractivity contribution in [1.82, 2.24) is 10.3 Å². The molecule has 0 aliphatic carbocycles. The summed E-state index contributed by atoms with van der Waals surface area (Å²) in [6, 6.07) is 17.4. The summed E-state index contributed by atoms with van der Waals surface area (Å²) >= 11 is 0. The van der Waals surface area contributed by atoms with Crippen LogP contribution in [0.25, 0.3) is 6.08 Å². The number of halogens is 1. The standard InChI is InChI=1S/C22H19FN2O2/c23-19-5-1-3-17(15-19)7-8-22(26)25-14-9-18-4-2-6-21(16-18)27-20-10-12-24-13-11-20/h1-8,10-13,15-16H,9,14H2,(H,25,26). The number of pyridine rings is 1. The molecule has 136 valence electrons. The summed E-state index contributed by atoms with van der Waals surface area (Å²) in [7, 11) is 0. The molecule has 1 amide bonds. The number of carbonyl (C=O) groups excluding carboxylic acids is 1. The molecule has 0 saturated carbocycles. The van der Waals surface area contributed by atoms with E-state index in [4.69, 9.17) is 4.74 Å². The zero-order valence-corrected chi connectivity index (χ0v) is 14.6. The number of benzene rings is 2. The van der Waals surface area contributed by atoms with E-state index in [2.05, 4.69) is 10.3 Å². The molecular weight excluding hydrogens is 343 g/mol. The number of nitrogens with zero attached hydrogens (tertiary/aromatic N) is 1. The third-order valence-corrected chi connectivity index (χ3v) is 3.77. The van der Waals surface area contributed by atoms with Gasteiger partial charge in [0.2, 0.25) is 5.91 Å². The minimum absolute atomic E-state index is 0.219. The summed E-state index contributed by atoms with van der Waals surface area (Å²) in [6.45, 7) is 0.491. The zero-order chi connectivity index (χ0) is 18.9. The second-order valence-electron chi connectivity index (χ2n) is 5.86. The highest BCUT2D eigenvalue weighted by Crippen LogP contribution is 2.21. The van der Waals surface area contributed by atoms with Crippen molar-refractivity contribution in [2.45, 2.75) is 6.42 Å². The lowest BCUT2D eigenvalue weighted by atomic mass is 10.1.